The van der Waals surface area contributed by atoms with E-state index in [0.717, 1.165) is 0 Å². The SMILES string of the molecule is C[C@H](COc1ncc(-c2ccnc3ccc(F)cc23)cc1C(F)F)CC(C)(C)N. The Morgan fingerprint density at radius 2 is 1.90 bits per heavy atom. The summed E-state index contributed by atoms with van der Waals surface area (Å²) in [6, 6.07) is 7.18. The Bertz CT molecular complexity index is 1000. The van der Waals surface area contributed by atoms with Gasteiger partial charge in [0.05, 0.1) is 17.7 Å². The van der Waals surface area contributed by atoms with Gasteiger partial charge in [-0.2, -0.15) is 0 Å². The van der Waals surface area contributed by atoms with Crippen LogP contribution < -0.4 is 10.5 Å². The summed E-state index contributed by atoms with van der Waals surface area (Å²) >= 11 is 0. The standard InChI is InChI=1S/C22H24F3N3O/c1-13(10-22(2,3)26)12-29-21-18(20(24)25)8-14(11-28-21)16-6-7-27-19-5-4-15(23)9-17(16)19/h4-9,11,13,20H,10,12,26H2,1-3H3/t13-/m0/s1. The molecule has 7 heteroatoms. The van der Waals surface area contributed by atoms with E-state index in [1.54, 1.807) is 18.3 Å². The number of halogens is 3. The van der Waals surface area contributed by atoms with E-state index < -0.39 is 12.2 Å². The lowest BCUT2D eigenvalue weighted by Gasteiger charge is -2.23. The van der Waals surface area contributed by atoms with Gasteiger partial charge in [0.2, 0.25) is 5.88 Å². The van der Waals surface area contributed by atoms with Crippen molar-refractivity contribution in [2.24, 2.45) is 11.7 Å². The topological polar surface area (TPSA) is 61.0 Å². The quantitative estimate of drug-likeness (QED) is 0.565. The number of fused-ring (bicyclic) bond motifs is 1. The summed E-state index contributed by atoms with van der Waals surface area (Å²) in [5.41, 5.74) is 6.92. The van der Waals surface area contributed by atoms with Crippen LogP contribution in [0.5, 0.6) is 5.88 Å². The second-order valence-corrected chi connectivity index (χ2v) is 8.05. The zero-order valence-corrected chi connectivity index (χ0v) is 16.6. The maximum absolute atomic E-state index is 13.7. The highest BCUT2D eigenvalue weighted by Gasteiger charge is 2.21. The summed E-state index contributed by atoms with van der Waals surface area (Å²) in [4.78, 5) is 8.32. The first-order valence-corrected chi connectivity index (χ1v) is 9.38. The minimum atomic E-state index is -2.76. The van der Waals surface area contributed by atoms with Crippen molar-refractivity contribution in [3.05, 3.63) is 54.1 Å². The van der Waals surface area contributed by atoms with Crippen molar-refractivity contribution in [3.8, 4) is 17.0 Å². The molecule has 1 aromatic carbocycles. The van der Waals surface area contributed by atoms with Crippen molar-refractivity contribution in [3.63, 3.8) is 0 Å². The first kappa shape index (κ1) is 21.0. The molecule has 0 unspecified atom stereocenters. The average molecular weight is 403 g/mol. The normalized spacial score (nSPS) is 13.1. The molecule has 0 bridgehead atoms. The zero-order chi connectivity index (χ0) is 21.2. The molecule has 0 aliphatic carbocycles. The van der Waals surface area contributed by atoms with Crippen LogP contribution in [0.2, 0.25) is 0 Å². The third kappa shape index (κ3) is 5.23. The first-order chi connectivity index (χ1) is 13.6. The van der Waals surface area contributed by atoms with Gasteiger partial charge < -0.3 is 10.5 Å². The number of nitrogens with two attached hydrogens (primary N) is 1. The fourth-order valence-corrected chi connectivity index (χ4v) is 3.44. The Morgan fingerprint density at radius 1 is 1.14 bits per heavy atom. The van der Waals surface area contributed by atoms with Crippen LogP contribution in [0, 0.1) is 11.7 Å². The lowest BCUT2D eigenvalue weighted by Crippen LogP contribution is -2.35. The molecule has 2 heterocycles. The van der Waals surface area contributed by atoms with Gasteiger partial charge in [-0.3, -0.25) is 4.98 Å². The molecule has 0 amide bonds. The molecule has 3 rings (SSSR count). The fraction of sp³-hybridized carbons (Fsp3) is 0.364. The number of pyridine rings is 2. The number of nitrogens with zero attached hydrogens (tertiary/aromatic N) is 2. The second-order valence-electron chi connectivity index (χ2n) is 8.05. The minimum absolute atomic E-state index is 0.0779. The molecular weight excluding hydrogens is 379 g/mol. The number of hydrogen-bond acceptors (Lipinski definition) is 4. The largest absolute Gasteiger partial charge is 0.477 e. The Labute approximate surface area is 167 Å². The van der Waals surface area contributed by atoms with Gasteiger partial charge in [-0.05, 0) is 62.1 Å². The summed E-state index contributed by atoms with van der Waals surface area (Å²) in [6.07, 6.45) is 0.934. The van der Waals surface area contributed by atoms with Gasteiger partial charge in [-0.1, -0.05) is 6.92 Å². The van der Waals surface area contributed by atoms with Crippen LogP contribution in [0.1, 0.15) is 39.2 Å². The van der Waals surface area contributed by atoms with Crippen molar-refractivity contribution in [1.82, 2.24) is 9.97 Å². The lowest BCUT2D eigenvalue weighted by atomic mass is 9.93. The van der Waals surface area contributed by atoms with Crippen LogP contribution in [0.25, 0.3) is 22.0 Å². The Hall–Kier alpha value is -2.67. The molecule has 0 spiro atoms. The summed E-state index contributed by atoms with van der Waals surface area (Å²) in [5.74, 6) is -0.449. The molecule has 0 saturated carbocycles. The minimum Gasteiger partial charge on any atom is -0.477 e. The zero-order valence-electron chi connectivity index (χ0n) is 16.6. The Balaban J connectivity index is 1.92. The number of rotatable bonds is 7. The monoisotopic (exact) mass is 403 g/mol. The lowest BCUT2D eigenvalue weighted by molar-refractivity contribution is 0.140. The highest BCUT2D eigenvalue weighted by Crippen LogP contribution is 2.34. The van der Waals surface area contributed by atoms with E-state index in [9.17, 15) is 13.2 Å². The van der Waals surface area contributed by atoms with E-state index in [2.05, 4.69) is 9.97 Å². The fourth-order valence-electron chi connectivity index (χ4n) is 3.44. The van der Waals surface area contributed by atoms with Crippen molar-refractivity contribution in [2.45, 2.75) is 39.2 Å². The molecule has 0 fully saturated rings. The van der Waals surface area contributed by atoms with Crippen molar-refractivity contribution < 1.29 is 17.9 Å². The number of alkyl halides is 2. The van der Waals surface area contributed by atoms with Gasteiger partial charge in [-0.15, -0.1) is 0 Å². The molecule has 2 aromatic heterocycles. The third-order valence-corrected chi connectivity index (χ3v) is 4.51. The van der Waals surface area contributed by atoms with E-state index in [1.165, 1.54) is 24.4 Å². The van der Waals surface area contributed by atoms with Crippen molar-refractivity contribution in [1.29, 1.82) is 0 Å². The molecule has 0 saturated heterocycles. The summed E-state index contributed by atoms with van der Waals surface area (Å²) in [7, 11) is 0. The highest BCUT2D eigenvalue weighted by atomic mass is 19.3. The highest BCUT2D eigenvalue weighted by molar-refractivity contribution is 5.94. The van der Waals surface area contributed by atoms with Gasteiger partial charge in [0, 0.05) is 28.9 Å². The van der Waals surface area contributed by atoms with Crippen LogP contribution in [-0.4, -0.2) is 22.1 Å². The van der Waals surface area contributed by atoms with Crippen LogP contribution in [0.3, 0.4) is 0 Å². The van der Waals surface area contributed by atoms with E-state index in [-0.39, 0.29) is 29.5 Å². The maximum atomic E-state index is 13.7. The number of aromatic nitrogens is 2. The van der Waals surface area contributed by atoms with Crippen LogP contribution in [0.15, 0.2) is 42.7 Å². The van der Waals surface area contributed by atoms with E-state index in [4.69, 9.17) is 10.5 Å². The number of hydrogen-bond donors (Lipinski definition) is 1. The molecule has 4 nitrogen and oxygen atoms in total. The Kier molecular flexibility index (Phi) is 6.07. The molecule has 0 aliphatic heterocycles. The second kappa shape index (κ2) is 8.37. The summed E-state index contributed by atoms with van der Waals surface area (Å²) in [6.45, 7) is 5.99. The molecule has 3 aromatic rings. The van der Waals surface area contributed by atoms with Gasteiger partial charge >= 0.3 is 0 Å². The van der Waals surface area contributed by atoms with Crippen LogP contribution in [-0.2, 0) is 0 Å². The summed E-state index contributed by atoms with van der Waals surface area (Å²) < 4.78 is 46.7. The van der Waals surface area contributed by atoms with Gasteiger partial charge in [0.15, 0.2) is 0 Å². The van der Waals surface area contributed by atoms with E-state index in [0.29, 0.717) is 28.5 Å². The van der Waals surface area contributed by atoms with E-state index in [1.807, 2.05) is 20.8 Å². The third-order valence-electron chi connectivity index (χ3n) is 4.51. The van der Waals surface area contributed by atoms with Gasteiger partial charge in [0.1, 0.15) is 5.82 Å². The molecule has 29 heavy (non-hydrogen) atoms. The Morgan fingerprint density at radius 3 is 2.59 bits per heavy atom. The molecule has 0 aliphatic rings. The molecule has 1 atom stereocenters. The van der Waals surface area contributed by atoms with Crippen molar-refractivity contribution >= 4 is 10.9 Å². The molecule has 154 valence electrons. The first-order valence-electron chi connectivity index (χ1n) is 9.38. The molecule has 2 N–H and O–H groups in total. The molecular formula is C22H24F3N3O. The van der Waals surface area contributed by atoms with Gasteiger partial charge in [0.25, 0.3) is 6.43 Å². The molecule has 0 radical (unpaired) electrons. The predicted molar refractivity (Wildman–Crippen MR) is 107 cm³/mol. The van der Waals surface area contributed by atoms with Gasteiger partial charge in [-0.25, -0.2) is 18.2 Å². The smallest absolute Gasteiger partial charge is 0.269 e. The maximum Gasteiger partial charge on any atom is 0.269 e. The summed E-state index contributed by atoms with van der Waals surface area (Å²) in [5, 5.41) is 0.530. The van der Waals surface area contributed by atoms with Crippen LogP contribution >= 0.6 is 0 Å². The van der Waals surface area contributed by atoms with Crippen LogP contribution in [0.4, 0.5) is 13.2 Å². The number of benzene rings is 1. The number of ether oxygens (including phenoxy) is 1. The van der Waals surface area contributed by atoms with E-state index >= 15 is 0 Å². The predicted octanol–water partition coefficient (Wildman–Crippen LogP) is 5.52. The average Bonchev–Trinajstić information content (AvgIpc) is 2.64. The van der Waals surface area contributed by atoms with Crippen molar-refractivity contribution in [2.75, 3.05) is 6.61 Å².